The summed E-state index contributed by atoms with van der Waals surface area (Å²) in [6.07, 6.45) is 1.57. The van der Waals surface area contributed by atoms with Crippen LogP contribution in [0, 0.1) is 0 Å². The molecule has 7 nitrogen and oxygen atoms in total. The van der Waals surface area contributed by atoms with Crippen molar-refractivity contribution in [2.75, 3.05) is 25.0 Å². The third-order valence-corrected chi connectivity index (χ3v) is 3.48. The minimum Gasteiger partial charge on any atom is -0.495 e. The number of nitrogens with one attached hydrogen (secondary N) is 2. The average Bonchev–Trinajstić information content (AvgIpc) is 2.49. The second kappa shape index (κ2) is 6.79. The van der Waals surface area contributed by atoms with E-state index in [9.17, 15) is 0 Å². The first kappa shape index (κ1) is 15.6. The Bertz CT molecular complexity index is 656. The molecule has 0 aliphatic rings. The molecule has 0 aliphatic carbocycles. The van der Waals surface area contributed by atoms with Crippen LogP contribution in [0.1, 0.15) is 0 Å². The Labute approximate surface area is 134 Å². The number of halogens is 2. The standard InChI is InChI=1S/C12H13BrClN5O2/c1-20-9-4-10(21-2)8(3-7(9)14)17-11-6(13)5-16-12(18-11)19-15/h3-5H,15H2,1-2H3,(H2,16,17,18,19). The summed E-state index contributed by atoms with van der Waals surface area (Å²) in [5, 5.41) is 3.55. The van der Waals surface area contributed by atoms with Gasteiger partial charge in [-0.05, 0) is 22.0 Å². The molecule has 9 heteroatoms. The second-order valence-electron chi connectivity index (χ2n) is 3.85. The van der Waals surface area contributed by atoms with Gasteiger partial charge in [0.1, 0.15) is 11.5 Å². The molecule has 0 saturated carbocycles. The number of benzene rings is 1. The highest BCUT2D eigenvalue weighted by atomic mass is 79.9. The Hall–Kier alpha value is -1.77. The molecule has 0 amide bonds. The summed E-state index contributed by atoms with van der Waals surface area (Å²) in [6, 6.07) is 3.37. The van der Waals surface area contributed by atoms with Crippen LogP contribution in [0.3, 0.4) is 0 Å². The predicted molar refractivity (Wildman–Crippen MR) is 85.4 cm³/mol. The Morgan fingerprint density at radius 1 is 1.24 bits per heavy atom. The van der Waals surface area contributed by atoms with Crippen molar-refractivity contribution in [2.24, 2.45) is 5.84 Å². The van der Waals surface area contributed by atoms with Gasteiger partial charge in [-0.15, -0.1) is 0 Å². The molecule has 0 radical (unpaired) electrons. The molecule has 1 aromatic heterocycles. The quantitative estimate of drug-likeness (QED) is 0.547. The molecule has 112 valence electrons. The molecule has 21 heavy (non-hydrogen) atoms. The van der Waals surface area contributed by atoms with E-state index in [-0.39, 0.29) is 5.95 Å². The molecule has 0 bridgehead atoms. The maximum atomic E-state index is 6.13. The third-order valence-electron chi connectivity index (χ3n) is 2.60. The number of nitrogens with two attached hydrogens (primary N) is 1. The number of anilines is 3. The molecule has 0 fully saturated rings. The molecule has 0 unspecified atom stereocenters. The van der Waals surface area contributed by atoms with E-state index in [1.807, 2.05) is 0 Å². The molecule has 4 N–H and O–H groups in total. The van der Waals surface area contributed by atoms with Gasteiger partial charge in [0, 0.05) is 12.3 Å². The lowest BCUT2D eigenvalue weighted by Gasteiger charge is -2.14. The van der Waals surface area contributed by atoms with Crippen LogP contribution in [0.5, 0.6) is 11.5 Å². The Balaban J connectivity index is 2.41. The van der Waals surface area contributed by atoms with Crippen molar-refractivity contribution in [3.8, 4) is 11.5 Å². The Morgan fingerprint density at radius 2 is 1.95 bits per heavy atom. The first-order chi connectivity index (χ1) is 10.1. The summed E-state index contributed by atoms with van der Waals surface area (Å²) >= 11 is 9.48. The van der Waals surface area contributed by atoms with Crippen LogP contribution >= 0.6 is 27.5 Å². The lowest BCUT2D eigenvalue weighted by Crippen LogP contribution is -2.11. The van der Waals surface area contributed by atoms with Crippen LogP contribution in [-0.2, 0) is 0 Å². The SMILES string of the molecule is COc1cc(OC)c(Nc2nc(NN)ncc2Br)cc1Cl. The van der Waals surface area contributed by atoms with Gasteiger partial charge in [0.25, 0.3) is 0 Å². The summed E-state index contributed by atoms with van der Waals surface area (Å²) < 4.78 is 11.1. The summed E-state index contributed by atoms with van der Waals surface area (Å²) in [6.45, 7) is 0. The number of hydrazine groups is 1. The smallest absolute Gasteiger partial charge is 0.239 e. The van der Waals surface area contributed by atoms with Crippen LogP contribution in [-0.4, -0.2) is 24.2 Å². The number of nitrogens with zero attached hydrogens (tertiary/aromatic N) is 2. The summed E-state index contributed by atoms with van der Waals surface area (Å²) in [5.41, 5.74) is 3.01. The third kappa shape index (κ3) is 3.46. The molecular weight excluding hydrogens is 362 g/mol. The van der Waals surface area contributed by atoms with E-state index in [0.29, 0.717) is 32.5 Å². The summed E-state index contributed by atoms with van der Waals surface area (Å²) in [4.78, 5) is 8.17. The van der Waals surface area contributed by atoms with Crippen LogP contribution in [0.15, 0.2) is 22.8 Å². The van der Waals surface area contributed by atoms with Gasteiger partial charge >= 0.3 is 0 Å². The monoisotopic (exact) mass is 373 g/mol. The molecule has 2 aromatic rings. The van der Waals surface area contributed by atoms with Crippen LogP contribution < -0.4 is 26.1 Å². The van der Waals surface area contributed by atoms with E-state index in [0.717, 1.165) is 0 Å². The molecule has 0 spiro atoms. The summed E-state index contributed by atoms with van der Waals surface area (Å²) in [5.74, 6) is 7.17. The predicted octanol–water partition coefficient (Wildman–Crippen LogP) is 2.94. The van der Waals surface area contributed by atoms with E-state index in [2.05, 4.69) is 36.6 Å². The molecule has 0 aliphatic heterocycles. The van der Waals surface area contributed by atoms with Crippen LogP contribution in [0.2, 0.25) is 5.02 Å². The highest BCUT2D eigenvalue weighted by Crippen LogP contribution is 2.38. The molecule has 2 rings (SSSR count). The van der Waals surface area contributed by atoms with Gasteiger partial charge in [0.15, 0.2) is 5.82 Å². The number of hydrogen-bond donors (Lipinski definition) is 3. The van der Waals surface area contributed by atoms with Crippen molar-refractivity contribution in [3.05, 3.63) is 27.8 Å². The zero-order valence-electron chi connectivity index (χ0n) is 11.3. The zero-order valence-corrected chi connectivity index (χ0v) is 13.6. The Morgan fingerprint density at radius 3 is 2.57 bits per heavy atom. The van der Waals surface area contributed by atoms with Crippen molar-refractivity contribution in [1.82, 2.24) is 9.97 Å². The van der Waals surface area contributed by atoms with Gasteiger partial charge in [-0.3, -0.25) is 5.43 Å². The highest BCUT2D eigenvalue weighted by Gasteiger charge is 2.12. The molecule has 0 saturated heterocycles. The Kier molecular flexibility index (Phi) is 5.05. The van der Waals surface area contributed by atoms with Gasteiger partial charge < -0.3 is 14.8 Å². The van der Waals surface area contributed by atoms with Crippen LogP contribution in [0.4, 0.5) is 17.5 Å². The minimum absolute atomic E-state index is 0.277. The zero-order chi connectivity index (χ0) is 15.4. The number of methoxy groups -OCH3 is 2. The van der Waals surface area contributed by atoms with E-state index < -0.39 is 0 Å². The van der Waals surface area contributed by atoms with Gasteiger partial charge in [-0.2, -0.15) is 4.98 Å². The lowest BCUT2D eigenvalue weighted by atomic mass is 10.2. The summed E-state index contributed by atoms with van der Waals surface area (Å²) in [7, 11) is 3.09. The maximum Gasteiger partial charge on any atom is 0.239 e. The maximum absolute atomic E-state index is 6.13. The van der Waals surface area contributed by atoms with Gasteiger partial charge in [0.2, 0.25) is 5.95 Å². The molecular formula is C12H13BrClN5O2. The average molecular weight is 375 g/mol. The number of aromatic nitrogens is 2. The number of ether oxygens (including phenoxy) is 2. The van der Waals surface area contributed by atoms with Crippen LogP contribution in [0.25, 0.3) is 0 Å². The fourth-order valence-corrected chi connectivity index (χ4v) is 2.14. The van der Waals surface area contributed by atoms with Gasteiger partial charge in [-0.25, -0.2) is 10.8 Å². The van der Waals surface area contributed by atoms with Crippen molar-refractivity contribution >= 4 is 45.0 Å². The lowest BCUT2D eigenvalue weighted by molar-refractivity contribution is 0.396. The van der Waals surface area contributed by atoms with Crippen molar-refractivity contribution in [1.29, 1.82) is 0 Å². The fraction of sp³-hybridized carbons (Fsp3) is 0.167. The topological polar surface area (TPSA) is 94.3 Å². The molecule has 1 aromatic carbocycles. The molecule has 0 atom stereocenters. The largest absolute Gasteiger partial charge is 0.495 e. The number of nitrogen functional groups attached to an aromatic ring is 1. The van der Waals surface area contributed by atoms with Crippen molar-refractivity contribution < 1.29 is 9.47 Å². The molecule has 1 heterocycles. The second-order valence-corrected chi connectivity index (χ2v) is 5.11. The minimum atomic E-state index is 0.277. The number of rotatable bonds is 5. The highest BCUT2D eigenvalue weighted by molar-refractivity contribution is 9.10. The van der Waals surface area contributed by atoms with E-state index in [1.165, 1.54) is 7.11 Å². The number of hydrogen-bond acceptors (Lipinski definition) is 7. The van der Waals surface area contributed by atoms with Crippen molar-refractivity contribution in [3.63, 3.8) is 0 Å². The van der Waals surface area contributed by atoms with E-state index >= 15 is 0 Å². The first-order valence-corrected chi connectivity index (χ1v) is 6.93. The van der Waals surface area contributed by atoms with Gasteiger partial charge in [0.05, 0.1) is 29.4 Å². The first-order valence-electron chi connectivity index (χ1n) is 5.76. The van der Waals surface area contributed by atoms with E-state index in [4.69, 9.17) is 26.9 Å². The normalized spacial score (nSPS) is 10.1. The van der Waals surface area contributed by atoms with Gasteiger partial charge in [-0.1, -0.05) is 11.6 Å². The van der Waals surface area contributed by atoms with E-state index in [1.54, 1.807) is 25.4 Å². The fourth-order valence-electron chi connectivity index (χ4n) is 1.61. The van der Waals surface area contributed by atoms with Crippen molar-refractivity contribution in [2.45, 2.75) is 0 Å².